The molecule has 1 heterocycles. The number of phenolic OH excluding ortho intramolecular Hbond substituents is 1. The number of furan rings is 1. The fraction of sp³-hybridized carbons (Fsp3) is 0. The molecule has 0 aliphatic rings. The van der Waals surface area contributed by atoms with Crippen LogP contribution >= 0.6 is 0 Å². The SMILES string of the molecule is O=CC(=O)c1occ2ccc(O)cc12. The van der Waals surface area contributed by atoms with Crippen LogP contribution in [-0.2, 0) is 4.79 Å². The van der Waals surface area contributed by atoms with Gasteiger partial charge in [-0.05, 0) is 18.2 Å². The summed E-state index contributed by atoms with van der Waals surface area (Å²) in [6.07, 6.45) is 1.55. The molecule has 4 heteroatoms. The molecule has 0 unspecified atom stereocenters. The van der Waals surface area contributed by atoms with Crippen molar-refractivity contribution in [2.45, 2.75) is 0 Å². The Morgan fingerprint density at radius 2 is 2.21 bits per heavy atom. The Morgan fingerprint density at radius 3 is 2.93 bits per heavy atom. The van der Waals surface area contributed by atoms with Gasteiger partial charge in [0, 0.05) is 10.8 Å². The summed E-state index contributed by atoms with van der Waals surface area (Å²) in [5, 5.41) is 10.3. The van der Waals surface area contributed by atoms with Crippen LogP contribution in [0.1, 0.15) is 10.6 Å². The highest BCUT2D eigenvalue weighted by Gasteiger charge is 2.13. The van der Waals surface area contributed by atoms with E-state index in [0.717, 1.165) is 0 Å². The molecule has 0 amide bonds. The first kappa shape index (κ1) is 8.50. The maximum absolute atomic E-state index is 11.1. The van der Waals surface area contributed by atoms with E-state index in [4.69, 9.17) is 4.42 Å². The van der Waals surface area contributed by atoms with Gasteiger partial charge in [-0.3, -0.25) is 9.59 Å². The van der Waals surface area contributed by atoms with E-state index >= 15 is 0 Å². The van der Waals surface area contributed by atoms with E-state index in [9.17, 15) is 14.7 Å². The molecule has 0 bridgehead atoms. The van der Waals surface area contributed by atoms with Crippen LogP contribution in [0, 0.1) is 0 Å². The number of fused-ring (bicyclic) bond motifs is 1. The average Bonchev–Trinajstić information content (AvgIpc) is 2.59. The number of Topliss-reactive ketones (excluding diaryl/α,β-unsaturated/α-hetero) is 1. The highest BCUT2D eigenvalue weighted by molar-refractivity contribution is 6.35. The number of phenols is 1. The molecule has 0 spiro atoms. The molecule has 0 saturated carbocycles. The minimum atomic E-state index is -0.731. The van der Waals surface area contributed by atoms with E-state index in [1.165, 1.54) is 18.4 Å². The Morgan fingerprint density at radius 1 is 1.43 bits per heavy atom. The van der Waals surface area contributed by atoms with E-state index in [0.29, 0.717) is 10.8 Å². The summed E-state index contributed by atoms with van der Waals surface area (Å²) in [4.78, 5) is 21.3. The van der Waals surface area contributed by atoms with E-state index < -0.39 is 5.78 Å². The molecule has 2 rings (SSSR count). The molecule has 14 heavy (non-hydrogen) atoms. The molecule has 1 aromatic carbocycles. The average molecular weight is 190 g/mol. The summed E-state index contributed by atoms with van der Waals surface area (Å²) in [6, 6.07) is 4.47. The number of hydrogen-bond acceptors (Lipinski definition) is 4. The monoisotopic (exact) mass is 190 g/mol. The predicted molar refractivity (Wildman–Crippen MR) is 48.3 cm³/mol. The lowest BCUT2D eigenvalue weighted by atomic mass is 10.1. The minimum absolute atomic E-state index is 0.0267. The largest absolute Gasteiger partial charge is 0.508 e. The van der Waals surface area contributed by atoms with Gasteiger partial charge in [0.25, 0.3) is 5.78 Å². The third-order valence-electron chi connectivity index (χ3n) is 1.92. The maximum atomic E-state index is 11.1. The van der Waals surface area contributed by atoms with Crippen molar-refractivity contribution in [3.8, 4) is 5.75 Å². The Hall–Kier alpha value is -2.10. The fourth-order valence-electron chi connectivity index (χ4n) is 1.27. The summed E-state index contributed by atoms with van der Waals surface area (Å²) < 4.78 is 4.93. The molecule has 4 nitrogen and oxygen atoms in total. The lowest BCUT2D eigenvalue weighted by Crippen LogP contribution is -1.97. The van der Waals surface area contributed by atoms with Crippen LogP contribution in [0.3, 0.4) is 0 Å². The second-order valence-corrected chi connectivity index (χ2v) is 2.82. The number of ketones is 1. The lowest BCUT2D eigenvalue weighted by molar-refractivity contribution is -0.104. The fourth-order valence-corrected chi connectivity index (χ4v) is 1.27. The van der Waals surface area contributed by atoms with E-state index in [2.05, 4.69) is 0 Å². The second kappa shape index (κ2) is 2.99. The molecule has 1 aromatic heterocycles. The van der Waals surface area contributed by atoms with E-state index in [1.54, 1.807) is 6.07 Å². The first-order valence-corrected chi connectivity index (χ1v) is 3.92. The van der Waals surface area contributed by atoms with Gasteiger partial charge in [-0.25, -0.2) is 0 Å². The number of aromatic hydroxyl groups is 1. The lowest BCUT2D eigenvalue weighted by Gasteiger charge is -1.92. The molecule has 0 atom stereocenters. The number of aldehydes is 1. The van der Waals surface area contributed by atoms with Gasteiger partial charge in [-0.1, -0.05) is 0 Å². The first-order chi connectivity index (χ1) is 6.72. The highest BCUT2D eigenvalue weighted by atomic mass is 16.3. The van der Waals surface area contributed by atoms with Crippen LogP contribution in [0.15, 0.2) is 28.9 Å². The van der Waals surface area contributed by atoms with Crippen molar-refractivity contribution in [3.63, 3.8) is 0 Å². The van der Waals surface area contributed by atoms with Gasteiger partial charge in [0.15, 0.2) is 12.0 Å². The molecule has 0 saturated heterocycles. The second-order valence-electron chi connectivity index (χ2n) is 2.82. The quantitative estimate of drug-likeness (QED) is 0.443. The van der Waals surface area contributed by atoms with Crippen molar-refractivity contribution in [1.82, 2.24) is 0 Å². The topological polar surface area (TPSA) is 67.5 Å². The molecule has 0 radical (unpaired) electrons. The van der Waals surface area contributed by atoms with Crippen LogP contribution in [0.2, 0.25) is 0 Å². The van der Waals surface area contributed by atoms with Crippen molar-refractivity contribution in [3.05, 3.63) is 30.2 Å². The van der Waals surface area contributed by atoms with Crippen molar-refractivity contribution < 1.29 is 19.1 Å². The van der Waals surface area contributed by atoms with Gasteiger partial charge in [0.05, 0.1) is 6.26 Å². The first-order valence-electron chi connectivity index (χ1n) is 3.92. The normalized spacial score (nSPS) is 10.3. The Bertz CT molecular complexity index is 510. The van der Waals surface area contributed by atoms with Gasteiger partial charge in [-0.15, -0.1) is 0 Å². The van der Waals surface area contributed by atoms with Gasteiger partial charge >= 0.3 is 0 Å². The molecular weight excluding hydrogens is 184 g/mol. The Balaban J connectivity index is 2.72. The third-order valence-corrected chi connectivity index (χ3v) is 1.92. The highest BCUT2D eigenvalue weighted by Crippen LogP contribution is 2.24. The molecule has 1 N–H and O–H groups in total. The number of hydrogen-bond donors (Lipinski definition) is 1. The van der Waals surface area contributed by atoms with Gasteiger partial charge in [-0.2, -0.15) is 0 Å². The molecule has 2 aromatic rings. The van der Waals surface area contributed by atoms with Gasteiger partial charge < -0.3 is 9.52 Å². The smallest absolute Gasteiger partial charge is 0.261 e. The maximum Gasteiger partial charge on any atom is 0.261 e. The van der Waals surface area contributed by atoms with Gasteiger partial charge in [0.2, 0.25) is 0 Å². The van der Waals surface area contributed by atoms with E-state index in [1.807, 2.05) is 0 Å². The molecular formula is C10H6O4. The van der Waals surface area contributed by atoms with Crippen LogP contribution in [0.5, 0.6) is 5.75 Å². The summed E-state index contributed by atoms with van der Waals surface area (Å²) in [6.45, 7) is 0. The number of rotatable bonds is 2. The van der Waals surface area contributed by atoms with Crippen LogP contribution < -0.4 is 0 Å². The van der Waals surface area contributed by atoms with Gasteiger partial charge in [0.1, 0.15) is 5.75 Å². The molecule has 0 aliphatic heterocycles. The predicted octanol–water partition coefficient (Wildman–Crippen LogP) is 1.52. The number of benzene rings is 1. The molecule has 0 aliphatic carbocycles. The standard InChI is InChI=1S/C10H6O4/c11-4-9(13)10-8-3-7(12)2-1-6(8)5-14-10/h1-5,12H. The van der Waals surface area contributed by atoms with Crippen LogP contribution in [-0.4, -0.2) is 17.2 Å². The summed E-state index contributed by atoms with van der Waals surface area (Å²) in [5.41, 5.74) is 0. The zero-order chi connectivity index (χ0) is 10.1. The Kier molecular flexibility index (Phi) is 1.81. The zero-order valence-electron chi connectivity index (χ0n) is 7.06. The van der Waals surface area contributed by atoms with Crippen molar-refractivity contribution in [2.24, 2.45) is 0 Å². The Labute approximate surface area is 78.8 Å². The van der Waals surface area contributed by atoms with Crippen LogP contribution in [0.25, 0.3) is 10.8 Å². The number of carbonyl (C=O) groups is 2. The van der Waals surface area contributed by atoms with Crippen molar-refractivity contribution in [2.75, 3.05) is 0 Å². The molecule has 70 valence electrons. The van der Waals surface area contributed by atoms with Crippen LogP contribution in [0.4, 0.5) is 0 Å². The zero-order valence-corrected chi connectivity index (χ0v) is 7.06. The number of carbonyl (C=O) groups excluding carboxylic acids is 2. The third kappa shape index (κ3) is 1.17. The minimum Gasteiger partial charge on any atom is -0.508 e. The summed E-state index contributed by atoms with van der Waals surface area (Å²) >= 11 is 0. The molecule has 0 fully saturated rings. The van der Waals surface area contributed by atoms with Crippen molar-refractivity contribution >= 4 is 22.8 Å². The summed E-state index contributed by atoms with van der Waals surface area (Å²) in [5.74, 6) is -0.740. The summed E-state index contributed by atoms with van der Waals surface area (Å²) in [7, 11) is 0. The van der Waals surface area contributed by atoms with Crippen molar-refractivity contribution in [1.29, 1.82) is 0 Å². The van der Waals surface area contributed by atoms with E-state index in [-0.39, 0.29) is 17.8 Å².